The predicted molar refractivity (Wildman–Crippen MR) is 170 cm³/mol. The van der Waals surface area contributed by atoms with Crippen molar-refractivity contribution in [3.8, 4) is 50.7 Å². The third-order valence-electron chi connectivity index (χ3n) is 7.43. The molecular weight excluding hydrogens is 518 g/mol. The zero-order valence-electron chi connectivity index (χ0n) is 21.9. The van der Waals surface area contributed by atoms with E-state index in [1.54, 1.807) is 0 Å². The molecule has 0 aliphatic heterocycles. The topological polar surface area (TPSA) is 41.0 Å². The van der Waals surface area contributed by atoms with Crippen LogP contribution < -0.4 is 0 Å². The van der Waals surface area contributed by atoms with Gasteiger partial charge in [0, 0.05) is 37.5 Å². The number of pyridine rings is 1. The van der Waals surface area contributed by atoms with E-state index in [0.717, 1.165) is 27.9 Å². The molecular formula is C37H21N3S. The third-order valence-corrected chi connectivity index (χ3v) is 8.72. The summed E-state index contributed by atoms with van der Waals surface area (Å²) >= 11 is 1.83. The summed E-state index contributed by atoms with van der Waals surface area (Å²) in [5.74, 6) is 0. The van der Waals surface area contributed by atoms with Crippen LogP contribution in [-0.2, 0) is 0 Å². The maximum Gasteiger partial charge on any atom is 0.187 e. The molecule has 2 heterocycles. The average Bonchev–Trinajstić information content (AvgIpc) is 3.44. The Balaban J connectivity index is 1.23. The first-order chi connectivity index (χ1) is 20.2. The molecule has 7 rings (SSSR count). The molecule has 4 heteroatoms. The highest BCUT2D eigenvalue weighted by Crippen LogP contribution is 2.44. The maximum atomic E-state index is 9.04. The molecule has 190 valence electrons. The van der Waals surface area contributed by atoms with Crippen molar-refractivity contribution < 1.29 is 0 Å². The molecule has 0 amide bonds. The van der Waals surface area contributed by atoms with Crippen molar-refractivity contribution in [2.75, 3.05) is 0 Å². The van der Waals surface area contributed by atoms with Crippen LogP contribution in [0.25, 0.3) is 69.7 Å². The van der Waals surface area contributed by atoms with Crippen LogP contribution in [0.5, 0.6) is 0 Å². The number of benzene rings is 5. The molecule has 0 spiro atoms. The highest BCUT2D eigenvalue weighted by Gasteiger charge is 2.14. The molecule has 3 nitrogen and oxygen atoms in total. The second kappa shape index (κ2) is 10.2. The maximum absolute atomic E-state index is 9.04. The lowest BCUT2D eigenvalue weighted by molar-refractivity contribution is 1.32. The SMILES string of the molecule is [C-]#[N+]c1ccc(-c2cccc3c2sc2c(-c4ccc(-c5ccc(-c6ccc(C#N)cc6)nc5)cc4)cccc23)cc1. The standard InChI is InChI=1S/C37H21N3S/c1-39-30-19-16-27(17-20-30)32-5-3-7-34-33-6-2-4-31(36(33)41-37(32)34)26-14-12-25(13-15-26)29-18-21-35(40-23-29)28-10-8-24(22-38)9-11-28/h2-21,23H. The number of nitrogens with zero attached hydrogens (tertiary/aromatic N) is 3. The van der Waals surface area contributed by atoms with E-state index in [4.69, 9.17) is 11.8 Å². The quantitative estimate of drug-likeness (QED) is 0.209. The van der Waals surface area contributed by atoms with Gasteiger partial charge < -0.3 is 0 Å². The first kappa shape index (κ1) is 24.5. The van der Waals surface area contributed by atoms with Gasteiger partial charge in [-0.3, -0.25) is 4.98 Å². The Kier molecular flexibility index (Phi) is 6.10. The molecule has 2 aromatic heterocycles. The van der Waals surface area contributed by atoms with Crippen LogP contribution in [0.3, 0.4) is 0 Å². The van der Waals surface area contributed by atoms with Gasteiger partial charge in [-0.2, -0.15) is 5.26 Å². The molecule has 0 saturated carbocycles. The molecule has 0 radical (unpaired) electrons. The molecule has 0 atom stereocenters. The van der Waals surface area contributed by atoms with Gasteiger partial charge in [0.05, 0.1) is 23.9 Å². The number of fused-ring (bicyclic) bond motifs is 3. The zero-order chi connectivity index (χ0) is 27.8. The van der Waals surface area contributed by atoms with E-state index in [-0.39, 0.29) is 0 Å². The summed E-state index contributed by atoms with van der Waals surface area (Å²) < 4.78 is 2.53. The van der Waals surface area contributed by atoms with E-state index in [0.29, 0.717) is 11.3 Å². The van der Waals surface area contributed by atoms with E-state index in [9.17, 15) is 0 Å². The van der Waals surface area contributed by atoms with Crippen LogP contribution in [0, 0.1) is 17.9 Å². The summed E-state index contributed by atoms with van der Waals surface area (Å²) in [4.78, 5) is 8.21. The lowest BCUT2D eigenvalue weighted by Gasteiger charge is -2.07. The van der Waals surface area contributed by atoms with Crippen molar-refractivity contribution in [3.63, 3.8) is 0 Å². The van der Waals surface area contributed by atoms with Gasteiger partial charge in [-0.15, -0.1) is 11.3 Å². The van der Waals surface area contributed by atoms with Gasteiger partial charge >= 0.3 is 0 Å². The molecule has 41 heavy (non-hydrogen) atoms. The summed E-state index contributed by atoms with van der Waals surface area (Å²) in [5, 5.41) is 11.5. The van der Waals surface area contributed by atoms with Crippen molar-refractivity contribution in [2.45, 2.75) is 0 Å². The summed E-state index contributed by atoms with van der Waals surface area (Å²) in [7, 11) is 0. The summed E-state index contributed by atoms with van der Waals surface area (Å²) in [6.45, 7) is 7.26. The molecule has 0 N–H and O–H groups in total. The highest BCUT2D eigenvalue weighted by molar-refractivity contribution is 7.26. The fourth-order valence-corrected chi connectivity index (χ4v) is 6.66. The first-order valence-corrected chi connectivity index (χ1v) is 14.0. The van der Waals surface area contributed by atoms with Crippen LogP contribution in [0.2, 0.25) is 0 Å². The molecule has 0 aliphatic carbocycles. The number of nitriles is 1. The second-order valence-corrected chi connectivity index (χ2v) is 10.8. The number of aromatic nitrogens is 1. The molecule has 0 unspecified atom stereocenters. The van der Waals surface area contributed by atoms with Gasteiger partial charge in [0.25, 0.3) is 0 Å². The Morgan fingerprint density at radius 2 is 1.12 bits per heavy atom. The minimum Gasteiger partial charge on any atom is -0.256 e. The summed E-state index contributed by atoms with van der Waals surface area (Å²) in [6, 6.07) is 43.3. The fourth-order valence-electron chi connectivity index (χ4n) is 5.28. The van der Waals surface area contributed by atoms with Gasteiger partial charge in [-0.05, 0) is 46.0 Å². The summed E-state index contributed by atoms with van der Waals surface area (Å²) in [5.41, 5.74) is 10.1. The Labute approximate surface area is 242 Å². The predicted octanol–water partition coefficient (Wildman–Crippen LogP) is 10.5. The van der Waals surface area contributed by atoms with Crippen LogP contribution >= 0.6 is 11.3 Å². The van der Waals surface area contributed by atoms with Gasteiger partial charge in [0.1, 0.15) is 0 Å². The van der Waals surface area contributed by atoms with E-state index in [1.807, 2.05) is 72.1 Å². The number of hydrogen-bond acceptors (Lipinski definition) is 3. The molecule has 7 aromatic rings. The Morgan fingerprint density at radius 3 is 1.66 bits per heavy atom. The lowest BCUT2D eigenvalue weighted by Crippen LogP contribution is -1.86. The first-order valence-electron chi connectivity index (χ1n) is 13.2. The molecule has 5 aromatic carbocycles. The van der Waals surface area contributed by atoms with Gasteiger partial charge in [-0.1, -0.05) is 103 Å². The smallest absolute Gasteiger partial charge is 0.187 e. The van der Waals surface area contributed by atoms with Crippen LogP contribution in [-0.4, -0.2) is 4.98 Å². The molecule has 0 fully saturated rings. The third kappa shape index (κ3) is 4.43. The largest absolute Gasteiger partial charge is 0.256 e. The number of rotatable bonds is 4. The number of thiophene rings is 1. The van der Waals surface area contributed by atoms with Gasteiger partial charge in [-0.25, -0.2) is 4.85 Å². The Morgan fingerprint density at radius 1 is 0.585 bits per heavy atom. The molecule has 0 bridgehead atoms. The van der Waals surface area contributed by atoms with Crippen molar-refractivity contribution >= 4 is 37.2 Å². The van der Waals surface area contributed by atoms with Crippen molar-refractivity contribution in [2.24, 2.45) is 0 Å². The van der Waals surface area contributed by atoms with Crippen LogP contribution in [0.1, 0.15) is 5.56 Å². The van der Waals surface area contributed by atoms with Crippen LogP contribution in [0.15, 0.2) is 128 Å². The number of hydrogen-bond donors (Lipinski definition) is 0. The van der Waals surface area contributed by atoms with E-state index < -0.39 is 0 Å². The average molecular weight is 540 g/mol. The summed E-state index contributed by atoms with van der Waals surface area (Å²) in [6.07, 6.45) is 1.90. The fraction of sp³-hybridized carbons (Fsp3) is 0. The van der Waals surface area contributed by atoms with Crippen molar-refractivity contribution in [1.29, 1.82) is 5.26 Å². The van der Waals surface area contributed by atoms with Gasteiger partial charge in [0.15, 0.2) is 5.69 Å². The minimum absolute atomic E-state index is 0.643. The van der Waals surface area contributed by atoms with E-state index in [1.165, 1.54) is 36.9 Å². The van der Waals surface area contributed by atoms with Gasteiger partial charge in [0.2, 0.25) is 0 Å². The molecule has 0 saturated heterocycles. The zero-order valence-corrected chi connectivity index (χ0v) is 22.7. The minimum atomic E-state index is 0.643. The monoisotopic (exact) mass is 539 g/mol. The second-order valence-electron chi connectivity index (χ2n) is 9.82. The van der Waals surface area contributed by atoms with Crippen LogP contribution in [0.4, 0.5) is 5.69 Å². The van der Waals surface area contributed by atoms with Crippen molar-refractivity contribution in [1.82, 2.24) is 4.98 Å². The Bertz CT molecular complexity index is 2120. The van der Waals surface area contributed by atoms with Crippen molar-refractivity contribution in [3.05, 3.63) is 145 Å². The Hall–Kier alpha value is -5.55. The lowest BCUT2D eigenvalue weighted by atomic mass is 9.98. The molecule has 0 aliphatic rings. The highest BCUT2D eigenvalue weighted by atomic mass is 32.1. The van der Waals surface area contributed by atoms with E-state index in [2.05, 4.69) is 82.6 Å². The normalized spacial score (nSPS) is 10.9. The van der Waals surface area contributed by atoms with E-state index >= 15 is 0 Å².